The summed E-state index contributed by atoms with van der Waals surface area (Å²) in [5.74, 6) is 0.715. The number of nitrogens with one attached hydrogen (secondary N) is 1. The number of rotatable bonds is 11. The fourth-order valence-electron chi connectivity index (χ4n) is 2.25. The summed E-state index contributed by atoms with van der Waals surface area (Å²) in [6, 6.07) is 7.56. The van der Waals surface area contributed by atoms with E-state index in [0.717, 1.165) is 24.2 Å². The van der Waals surface area contributed by atoms with E-state index in [9.17, 15) is 4.79 Å². The number of nitrogens with zero attached hydrogens (tertiary/aromatic N) is 1. The van der Waals surface area contributed by atoms with Crippen LogP contribution in [0.4, 0.5) is 0 Å². The molecule has 0 unspecified atom stereocenters. The molecule has 122 valence electrons. The van der Waals surface area contributed by atoms with Gasteiger partial charge in [0, 0.05) is 12.0 Å². The second kappa shape index (κ2) is 11.8. The third-order valence-corrected chi connectivity index (χ3v) is 3.54. The lowest BCUT2D eigenvalue weighted by Gasteiger charge is -2.03. The van der Waals surface area contributed by atoms with Crippen molar-refractivity contribution in [1.29, 1.82) is 0 Å². The van der Waals surface area contributed by atoms with E-state index in [2.05, 4.69) is 17.5 Å². The van der Waals surface area contributed by atoms with Gasteiger partial charge in [0.05, 0.1) is 13.3 Å². The van der Waals surface area contributed by atoms with Gasteiger partial charge in [-0.05, 0) is 18.6 Å². The molecule has 0 aromatic heterocycles. The number of hydrogen-bond donors (Lipinski definition) is 1. The zero-order valence-electron chi connectivity index (χ0n) is 13.8. The molecule has 1 N–H and O–H groups in total. The molecule has 1 rings (SSSR count). The summed E-state index contributed by atoms with van der Waals surface area (Å²) >= 11 is 0. The van der Waals surface area contributed by atoms with Gasteiger partial charge in [-0.15, -0.1) is 0 Å². The van der Waals surface area contributed by atoms with Crippen molar-refractivity contribution in [2.24, 2.45) is 5.10 Å². The van der Waals surface area contributed by atoms with Gasteiger partial charge in [-0.25, -0.2) is 5.43 Å². The number of ether oxygens (including phenoxy) is 1. The molecule has 4 nitrogen and oxygen atoms in total. The van der Waals surface area contributed by atoms with Crippen LogP contribution in [0.15, 0.2) is 29.4 Å². The highest BCUT2D eigenvalue weighted by Crippen LogP contribution is 2.14. The van der Waals surface area contributed by atoms with Crippen LogP contribution in [0, 0.1) is 0 Å². The molecule has 0 saturated heterocycles. The molecule has 1 aromatic carbocycles. The van der Waals surface area contributed by atoms with Gasteiger partial charge in [0.2, 0.25) is 5.91 Å². The largest absolute Gasteiger partial charge is 0.496 e. The number of hydrogen-bond acceptors (Lipinski definition) is 3. The first kappa shape index (κ1) is 18.2. The maximum Gasteiger partial charge on any atom is 0.240 e. The molecule has 0 aliphatic heterocycles. The lowest BCUT2D eigenvalue weighted by atomic mass is 10.1. The fourth-order valence-corrected chi connectivity index (χ4v) is 2.25. The van der Waals surface area contributed by atoms with E-state index in [1.165, 1.54) is 32.1 Å². The molecule has 1 amide bonds. The maximum absolute atomic E-state index is 11.7. The molecule has 0 bridgehead atoms. The Labute approximate surface area is 134 Å². The van der Waals surface area contributed by atoms with Crippen molar-refractivity contribution in [1.82, 2.24) is 5.43 Å². The Morgan fingerprint density at radius 1 is 1.14 bits per heavy atom. The third-order valence-electron chi connectivity index (χ3n) is 3.54. The zero-order valence-corrected chi connectivity index (χ0v) is 13.8. The Kier molecular flexibility index (Phi) is 9.75. The third kappa shape index (κ3) is 7.81. The number of amides is 1. The predicted molar refractivity (Wildman–Crippen MR) is 91.3 cm³/mol. The second-order valence-electron chi connectivity index (χ2n) is 5.41. The molecule has 0 heterocycles. The van der Waals surface area contributed by atoms with Crippen LogP contribution in [-0.2, 0) is 4.79 Å². The van der Waals surface area contributed by atoms with Crippen LogP contribution in [0.25, 0.3) is 0 Å². The van der Waals surface area contributed by atoms with Crippen LogP contribution in [-0.4, -0.2) is 19.2 Å². The van der Waals surface area contributed by atoms with Gasteiger partial charge >= 0.3 is 0 Å². The Hall–Kier alpha value is -1.84. The number of para-hydroxylation sites is 1. The smallest absolute Gasteiger partial charge is 0.240 e. The number of hydrazone groups is 1. The monoisotopic (exact) mass is 304 g/mol. The molecule has 0 fully saturated rings. The highest BCUT2D eigenvalue weighted by molar-refractivity contribution is 5.85. The standard InChI is InChI=1S/C18H28N2O2/c1-3-4-5-6-7-8-9-14-18(21)20-19-15-16-12-10-11-13-17(16)22-2/h10-13,15H,3-9,14H2,1-2H3,(H,20,21). The minimum Gasteiger partial charge on any atom is -0.496 e. The van der Waals surface area contributed by atoms with E-state index in [1.54, 1.807) is 13.3 Å². The average molecular weight is 304 g/mol. The first-order valence-electron chi connectivity index (χ1n) is 8.22. The van der Waals surface area contributed by atoms with Crippen molar-refractivity contribution in [3.8, 4) is 5.75 Å². The quantitative estimate of drug-likeness (QED) is 0.377. The topological polar surface area (TPSA) is 50.7 Å². The van der Waals surface area contributed by atoms with Crippen LogP contribution >= 0.6 is 0 Å². The number of carbonyl (C=O) groups excluding carboxylic acids is 1. The molecule has 0 aliphatic carbocycles. The van der Waals surface area contributed by atoms with E-state index in [1.807, 2.05) is 24.3 Å². The lowest BCUT2D eigenvalue weighted by molar-refractivity contribution is -0.121. The zero-order chi connectivity index (χ0) is 16.0. The normalized spacial score (nSPS) is 10.8. The fraction of sp³-hybridized carbons (Fsp3) is 0.556. The van der Waals surface area contributed by atoms with E-state index in [-0.39, 0.29) is 5.91 Å². The molecule has 0 atom stereocenters. The molecular formula is C18H28N2O2. The van der Waals surface area contributed by atoms with E-state index >= 15 is 0 Å². The Balaban J connectivity index is 2.16. The van der Waals surface area contributed by atoms with Gasteiger partial charge in [0.1, 0.15) is 5.75 Å². The molecule has 4 heteroatoms. The van der Waals surface area contributed by atoms with Crippen LogP contribution in [0.2, 0.25) is 0 Å². The minimum atomic E-state index is -0.0280. The van der Waals surface area contributed by atoms with Gasteiger partial charge in [0.15, 0.2) is 0 Å². The number of carbonyl (C=O) groups is 1. The Bertz CT molecular complexity index is 458. The summed E-state index contributed by atoms with van der Waals surface area (Å²) in [5, 5.41) is 3.99. The first-order valence-corrected chi connectivity index (χ1v) is 8.22. The SMILES string of the molecule is CCCCCCCCCC(=O)NN=Cc1ccccc1OC. The first-order chi connectivity index (χ1) is 10.8. The van der Waals surface area contributed by atoms with Crippen molar-refractivity contribution in [2.45, 2.75) is 58.3 Å². The number of unbranched alkanes of at least 4 members (excludes halogenated alkanes) is 6. The predicted octanol–water partition coefficient (Wildman–Crippen LogP) is 4.29. The van der Waals surface area contributed by atoms with Gasteiger partial charge in [-0.3, -0.25) is 4.79 Å². The number of benzene rings is 1. The molecule has 22 heavy (non-hydrogen) atoms. The molecular weight excluding hydrogens is 276 g/mol. The van der Waals surface area contributed by atoms with E-state index in [0.29, 0.717) is 6.42 Å². The Morgan fingerprint density at radius 2 is 1.82 bits per heavy atom. The van der Waals surface area contributed by atoms with Crippen molar-refractivity contribution in [3.63, 3.8) is 0 Å². The lowest BCUT2D eigenvalue weighted by Crippen LogP contribution is -2.16. The Morgan fingerprint density at radius 3 is 2.55 bits per heavy atom. The van der Waals surface area contributed by atoms with Gasteiger partial charge in [-0.1, -0.05) is 57.6 Å². The summed E-state index contributed by atoms with van der Waals surface area (Å²) in [6.45, 7) is 2.22. The molecule has 0 aliphatic rings. The molecule has 0 radical (unpaired) electrons. The average Bonchev–Trinajstić information content (AvgIpc) is 2.54. The van der Waals surface area contributed by atoms with Gasteiger partial charge in [0.25, 0.3) is 0 Å². The van der Waals surface area contributed by atoms with Crippen molar-refractivity contribution in [2.75, 3.05) is 7.11 Å². The summed E-state index contributed by atoms with van der Waals surface area (Å²) in [6.07, 6.45) is 10.6. The van der Waals surface area contributed by atoms with Crippen LogP contribution in [0.5, 0.6) is 5.75 Å². The van der Waals surface area contributed by atoms with Gasteiger partial charge < -0.3 is 4.74 Å². The summed E-state index contributed by atoms with van der Waals surface area (Å²) in [5.41, 5.74) is 3.42. The van der Waals surface area contributed by atoms with Crippen LogP contribution in [0.3, 0.4) is 0 Å². The molecule has 0 spiro atoms. The highest BCUT2D eigenvalue weighted by Gasteiger charge is 2.00. The van der Waals surface area contributed by atoms with Crippen molar-refractivity contribution in [3.05, 3.63) is 29.8 Å². The molecule has 0 saturated carbocycles. The minimum absolute atomic E-state index is 0.0280. The maximum atomic E-state index is 11.7. The summed E-state index contributed by atoms with van der Waals surface area (Å²) in [7, 11) is 1.62. The van der Waals surface area contributed by atoms with Gasteiger partial charge in [-0.2, -0.15) is 5.10 Å². The second-order valence-corrected chi connectivity index (χ2v) is 5.41. The van der Waals surface area contributed by atoms with Crippen LogP contribution in [0.1, 0.15) is 63.9 Å². The van der Waals surface area contributed by atoms with Crippen LogP contribution < -0.4 is 10.2 Å². The summed E-state index contributed by atoms with van der Waals surface area (Å²) in [4.78, 5) is 11.7. The van der Waals surface area contributed by atoms with Crippen molar-refractivity contribution < 1.29 is 9.53 Å². The van der Waals surface area contributed by atoms with Crippen molar-refractivity contribution >= 4 is 12.1 Å². The van der Waals surface area contributed by atoms with E-state index in [4.69, 9.17) is 4.74 Å². The molecule has 1 aromatic rings. The number of methoxy groups -OCH3 is 1. The van der Waals surface area contributed by atoms with E-state index < -0.39 is 0 Å². The highest BCUT2D eigenvalue weighted by atomic mass is 16.5. The summed E-state index contributed by atoms with van der Waals surface area (Å²) < 4.78 is 5.22.